The Balaban J connectivity index is 1.96. The van der Waals surface area contributed by atoms with Crippen LogP contribution in [-0.2, 0) is 17.6 Å². The number of Topliss-reactive ketones (excluding diaryl/α,β-unsaturated/α-hetero) is 1. The second-order valence-electron chi connectivity index (χ2n) is 6.51. The molecule has 0 amide bonds. The maximum atomic E-state index is 14.7. The predicted octanol–water partition coefficient (Wildman–Crippen LogP) is 3.96. The Morgan fingerprint density at radius 1 is 1.26 bits per heavy atom. The second-order valence-corrected chi connectivity index (χ2v) is 6.51. The van der Waals surface area contributed by atoms with Crippen molar-refractivity contribution >= 4 is 5.78 Å². The summed E-state index contributed by atoms with van der Waals surface area (Å²) >= 11 is 0. The van der Waals surface area contributed by atoms with Crippen molar-refractivity contribution in [2.24, 2.45) is 5.92 Å². The van der Waals surface area contributed by atoms with E-state index in [1.54, 1.807) is 6.07 Å². The molecular weight excluding hydrogens is 352 g/mol. The number of fused-ring (bicyclic) bond motifs is 1. The lowest BCUT2D eigenvalue weighted by atomic mass is 9.72. The predicted molar refractivity (Wildman–Crippen MR) is 94.8 cm³/mol. The van der Waals surface area contributed by atoms with Crippen molar-refractivity contribution in [3.63, 3.8) is 0 Å². The van der Waals surface area contributed by atoms with Crippen molar-refractivity contribution in [3.8, 4) is 17.6 Å². The zero-order chi connectivity index (χ0) is 19.6. The van der Waals surface area contributed by atoms with Crippen LogP contribution in [-0.4, -0.2) is 20.0 Å². The number of nitrogens with zero attached hydrogens (tertiary/aromatic N) is 1. The zero-order valence-corrected chi connectivity index (χ0v) is 15.1. The number of halogens is 2. The van der Waals surface area contributed by atoms with Gasteiger partial charge in [0, 0.05) is 29.5 Å². The molecule has 4 nitrogen and oxygen atoms in total. The molecule has 0 radical (unpaired) electrons. The number of hydrogen-bond donors (Lipinski definition) is 0. The second kappa shape index (κ2) is 7.75. The Kier molecular flexibility index (Phi) is 5.41. The van der Waals surface area contributed by atoms with Crippen molar-refractivity contribution < 1.29 is 23.0 Å². The fourth-order valence-electron chi connectivity index (χ4n) is 3.78. The van der Waals surface area contributed by atoms with E-state index >= 15 is 0 Å². The highest BCUT2D eigenvalue weighted by Gasteiger charge is 2.38. The summed E-state index contributed by atoms with van der Waals surface area (Å²) < 4.78 is 38.6. The van der Waals surface area contributed by atoms with Gasteiger partial charge in [0.25, 0.3) is 0 Å². The number of methoxy groups -OCH3 is 2. The molecule has 3 rings (SSSR count). The fraction of sp³-hybridized carbons (Fsp3) is 0.333. The molecule has 2 atom stereocenters. The number of ketones is 1. The number of hydrogen-bond acceptors (Lipinski definition) is 4. The van der Waals surface area contributed by atoms with E-state index in [2.05, 4.69) is 6.07 Å². The Labute approximate surface area is 156 Å². The van der Waals surface area contributed by atoms with E-state index < -0.39 is 23.5 Å². The van der Waals surface area contributed by atoms with E-state index in [0.717, 1.165) is 0 Å². The number of nitriles is 1. The lowest BCUT2D eigenvalue weighted by molar-refractivity contribution is -0.122. The van der Waals surface area contributed by atoms with E-state index in [9.17, 15) is 18.8 Å². The standard InChI is InChI=1S/C21H19F2NO3/c1-26-19-10-17(23)20-15(21(19)27-2)7-6-14(16(20)11-24)18(25)9-12-4-3-5-13(22)8-12/h3-5,8,10,14,16H,6-7,9H2,1-2H3. The van der Waals surface area contributed by atoms with E-state index in [-0.39, 0.29) is 23.5 Å². The third-order valence-corrected chi connectivity index (χ3v) is 5.00. The highest BCUT2D eigenvalue weighted by Crippen LogP contribution is 2.45. The molecule has 6 heteroatoms. The van der Waals surface area contributed by atoms with Gasteiger partial charge in [-0.3, -0.25) is 4.79 Å². The average molecular weight is 371 g/mol. The topological polar surface area (TPSA) is 59.3 Å². The molecule has 2 aromatic rings. The van der Waals surface area contributed by atoms with Crippen LogP contribution in [0.25, 0.3) is 0 Å². The maximum absolute atomic E-state index is 14.7. The first-order valence-corrected chi connectivity index (χ1v) is 8.60. The molecule has 1 aliphatic rings. The third kappa shape index (κ3) is 3.50. The van der Waals surface area contributed by atoms with Crippen LogP contribution in [0.4, 0.5) is 8.78 Å². The molecule has 0 saturated heterocycles. The summed E-state index contributed by atoms with van der Waals surface area (Å²) in [4.78, 5) is 12.8. The molecular formula is C21H19F2NO3. The van der Waals surface area contributed by atoms with Crippen molar-refractivity contribution in [2.75, 3.05) is 14.2 Å². The van der Waals surface area contributed by atoms with Gasteiger partial charge in [0.2, 0.25) is 0 Å². The molecule has 0 spiro atoms. The first-order valence-electron chi connectivity index (χ1n) is 8.60. The summed E-state index contributed by atoms with van der Waals surface area (Å²) in [7, 11) is 2.87. The van der Waals surface area contributed by atoms with Crippen LogP contribution < -0.4 is 9.47 Å². The minimum atomic E-state index is -0.922. The quantitative estimate of drug-likeness (QED) is 0.798. The first kappa shape index (κ1) is 18.8. The van der Waals surface area contributed by atoms with Crippen molar-refractivity contribution in [3.05, 3.63) is 58.7 Å². The number of carbonyl (C=O) groups excluding carboxylic acids is 1. The van der Waals surface area contributed by atoms with Gasteiger partial charge in [-0.15, -0.1) is 0 Å². The lowest BCUT2D eigenvalue weighted by Crippen LogP contribution is -2.29. The average Bonchev–Trinajstić information content (AvgIpc) is 2.66. The Hall–Kier alpha value is -2.94. The molecule has 0 heterocycles. The molecule has 0 saturated carbocycles. The maximum Gasteiger partial charge on any atom is 0.164 e. The van der Waals surface area contributed by atoms with E-state index in [0.29, 0.717) is 29.7 Å². The smallest absolute Gasteiger partial charge is 0.164 e. The van der Waals surface area contributed by atoms with Gasteiger partial charge in [-0.2, -0.15) is 5.26 Å². The van der Waals surface area contributed by atoms with Gasteiger partial charge in [-0.05, 0) is 30.5 Å². The van der Waals surface area contributed by atoms with Gasteiger partial charge in [-0.1, -0.05) is 12.1 Å². The summed E-state index contributed by atoms with van der Waals surface area (Å²) in [6.45, 7) is 0. The molecule has 2 unspecified atom stereocenters. The van der Waals surface area contributed by atoms with Gasteiger partial charge < -0.3 is 9.47 Å². The van der Waals surface area contributed by atoms with Crippen LogP contribution in [0.15, 0.2) is 30.3 Å². The summed E-state index contributed by atoms with van der Waals surface area (Å²) in [5.41, 5.74) is 1.30. The van der Waals surface area contributed by atoms with Gasteiger partial charge in [-0.25, -0.2) is 8.78 Å². The Morgan fingerprint density at radius 2 is 2.04 bits per heavy atom. The molecule has 27 heavy (non-hydrogen) atoms. The Morgan fingerprint density at radius 3 is 2.67 bits per heavy atom. The van der Waals surface area contributed by atoms with E-state index in [4.69, 9.17) is 9.47 Å². The minimum Gasteiger partial charge on any atom is -0.493 e. The highest BCUT2D eigenvalue weighted by atomic mass is 19.1. The molecule has 0 aliphatic heterocycles. The van der Waals surface area contributed by atoms with Crippen LogP contribution in [0.2, 0.25) is 0 Å². The van der Waals surface area contributed by atoms with Crippen molar-refractivity contribution in [1.29, 1.82) is 5.26 Å². The molecule has 2 aromatic carbocycles. The lowest BCUT2D eigenvalue weighted by Gasteiger charge is -2.30. The van der Waals surface area contributed by atoms with Crippen molar-refractivity contribution in [1.82, 2.24) is 0 Å². The van der Waals surface area contributed by atoms with Crippen LogP contribution in [0.5, 0.6) is 11.5 Å². The van der Waals surface area contributed by atoms with Crippen LogP contribution in [0.3, 0.4) is 0 Å². The summed E-state index contributed by atoms with van der Waals surface area (Å²) in [5, 5.41) is 9.68. The fourth-order valence-corrected chi connectivity index (χ4v) is 3.78. The van der Waals surface area contributed by atoms with E-state index in [1.807, 2.05) is 0 Å². The SMILES string of the molecule is COc1cc(F)c2c(c1OC)CCC(C(=O)Cc1cccc(F)c1)C2C#N. The molecule has 140 valence electrons. The number of benzene rings is 2. The van der Waals surface area contributed by atoms with Crippen LogP contribution in [0, 0.1) is 28.9 Å². The number of carbonyl (C=O) groups is 1. The summed E-state index contributed by atoms with van der Waals surface area (Å²) in [6, 6.07) is 9.06. The minimum absolute atomic E-state index is 0.00481. The van der Waals surface area contributed by atoms with Crippen LogP contribution in [0.1, 0.15) is 29.0 Å². The molecule has 1 aliphatic carbocycles. The first-order chi connectivity index (χ1) is 13.0. The summed E-state index contributed by atoms with van der Waals surface area (Å²) in [6.07, 6.45) is 0.789. The van der Waals surface area contributed by atoms with E-state index in [1.165, 1.54) is 38.5 Å². The van der Waals surface area contributed by atoms with Gasteiger partial charge in [0.15, 0.2) is 11.5 Å². The largest absolute Gasteiger partial charge is 0.493 e. The monoisotopic (exact) mass is 371 g/mol. The van der Waals surface area contributed by atoms with Gasteiger partial charge in [0.05, 0.1) is 26.2 Å². The normalized spacial score (nSPS) is 18.3. The highest BCUT2D eigenvalue weighted by molar-refractivity contribution is 5.85. The number of ether oxygens (including phenoxy) is 2. The third-order valence-electron chi connectivity index (χ3n) is 5.00. The molecule has 0 bridgehead atoms. The van der Waals surface area contributed by atoms with Gasteiger partial charge >= 0.3 is 0 Å². The molecule has 0 fully saturated rings. The van der Waals surface area contributed by atoms with Gasteiger partial charge in [0.1, 0.15) is 17.4 Å². The zero-order valence-electron chi connectivity index (χ0n) is 15.1. The molecule has 0 aromatic heterocycles. The van der Waals surface area contributed by atoms with Crippen LogP contribution >= 0.6 is 0 Å². The number of rotatable bonds is 5. The van der Waals surface area contributed by atoms with Crippen molar-refractivity contribution in [2.45, 2.75) is 25.2 Å². The Bertz CT molecular complexity index is 920. The summed E-state index contributed by atoms with van der Waals surface area (Å²) in [5.74, 6) is -2.13. The molecule has 0 N–H and O–H groups in total.